The number of anilines is 1. The number of carbonyl (C=O) groups excluding carboxylic acids is 1. The van der Waals surface area contributed by atoms with Crippen molar-refractivity contribution >= 4 is 11.6 Å². The summed E-state index contributed by atoms with van der Waals surface area (Å²) in [6.07, 6.45) is 0.966. The van der Waals surface area contributed by atoms with E-state index in [-0.39, 0.29) is 12.5 Å². The van der Waals surface area contributed by atoms with Gasteiger partial charge < -0.3 is 4.90 Å². The Kier molecular flexibility index (Phi) is 4.99. The van der Waals surface area contributed by atoms with Gasteiger partial charge in [-0.25, -0.2) is 5.11 Å². The van der Waals surface area contributed by atoms with Gasteiger partial charge in [-0.2, -0.15) is 0 Å². The lowest BCUT2D eigenvalue weighted by atomic mass is 10.1. The van der Waals surface area contributed by atoms with E-state index in [1.807, 2.05) is 38.1 Å². The van der Waals surface area contributed by atoms with Crippen molar-refractivity contribution in [3.05, 3.63) is 29.8 Å². The lowest BCUT2D eigenvalue weighted by molar-refractivity contribution is -0.118. The van der Waals surface area contributed by atoms with E-state index < -0.39 is 0 Å². The van der Waals surface area contributed by atoms with Crippen molar-refractivity contribution < 1.29 is 9.90 Å². The molecular weight excluding hydrogens is 202 g/mol. The van der Waals surface area contributed by atoms with E-state index in [0.29, 0.717) is 19.4 Å². The largest absolute Gasteiger partial charge is 0.312 e. The minimum Gasteiger partial charge on any atom is -0.312 e. The van der Waals surface area contributed by atoms with E-state index in [1.54, 1.807) is 4.90 Å². The molecule has 0 aromatic heterocycles. The first kappa shape index (κ1) is 12.7. The molecule has 1 aromatic rings. The number of para-hydroxylation sites is 1. The predicted octanol–water partition coefficient (Wildman–Crippen LogP) is 2.56. The van der Waals surface area contributed by atoms with Gasteiger partial charge in [0.2, 0.25) is 5.91 Å². The van der Waals surface area contributed by atoms with Crippen molar-refractivity contribution in [2.24, 2.45) is 0 Å². The van der Waals surface area contributed by atoms with Gasteiger partial charge >= 0.3 is 0 Å². The summed E-state index contributed by atoms with van der Waals surface area (Å²) in [4.78, 5) is 13.5. The number of rotatable bonds is 5. The van der Waals surface area contributed by atoms with Crippen LogP contribution in [0.25, 0.3) is 0 Å². The number of hydrogen-bond acceptors (Lipinski definition) is 1. The van der Waals surface area contributed by atoms with Gasteiger partial charge in [0.1, 0.15) is 0 Å². The van der Waals surface area contributed by atoms with Gasteiger partial charge in [-0.05, 0) is 25.0 Å². The molecule has 0 fully saturated rings. The Labute approximate surface area is 96.7 Å². The summed E-state index contributed by atoms with van der Waals surface area (Å²) in [5, 5.41) is 10.5. The monoisotopic (exact) mass is 220 g/mol. The highest BCUT2D eigenvalue weighted by Gasteiger charge is 2.14. The number of nitrogens with zero attached hydrogens (tertiary/aromatic N) is 1. The fourth-order valence-electron chi connectivity index (χ4n) is 1.66. The standard InChI is InChI=1S/C13H18NO2/c1-3-13(16)14(9-6-10-15)12-8-5-4-7-11(12)2/h4-5,7-8H,3,6,9-10H2,1-2H3. The highest BCUT2D eigenvalue weighted by atomic mass is 16.3. The maximum atomic E-state index is 11.8. The molecule has 0 atom stereocenters. The van der Waals surface area contributed by atoms with Crippen LogP contribution in [0.3, 0.4) is 0 Å². The van der Waals surface area contributed by atoms with Crippen LogP contribution >= 0.6 is 0 Å². The summed E-state index contributed by atoms with van der Waals surface area (Å²) in [6.45, 7) is 4.19. The van der Waals surface area contributed by atoms with Crippen LogP contribution in [0.15, 0.2) is 24.3 Å². The Hall–Kier alpha value is -1.35. The first-order chi connectivity index (χ1) is 7.70. The van der Waals surface area contributed by atoms with Crippen molar-refractivity contribution in [3.63, 3.8) is 0 Å². The molecular formula is C13H18NO2. The normalized spacial score (nSPS) is 10.2. The lowest BCUT2D eigenvalue weighted by Gasteiger charge is -2.23. The number of aryl methyl sites for hydroxylation is 1. The molecule has 16 heavy (non-hydrogen) atoms. The van der Waals surface area contributed by atoms with Crippen molar-refractivity contribution in [2.75, 3.05) is 18.1 Å². The second-order valence-corrected chi connectivity index (χ2v) is 3.74. The molecule has 0 aliphatic heterocycles. The van der Waals surface area contributed by atoms with E-state index in [2.05, 4.69) is 0 Å². The van der Waals surface area contributed by atoms with E-state index in [1.165, 1.54) is 0 Å². The molecule has 0 saturated heterocycles. The molecule has 0 unspecified atom stereocenters. The fraction of sp³-hybridized carbons (Fsp3) is 0.462. The average molecular weight is 220 g/mol. The molecule has 1 amide bonds. The average Bonchev–Trinajstić information content (AvgIpc) is 2.31. The maximum absolute atomic E-state index is 11.8. The Bertz CT molecular complexity index is 350. The second-order valence-electron chi connectivity index (χ2n) is 3.74. The van der Waals surface area contributed by atoms with Crippen molar-refractivity contribution in [1.29, 1.82) is 0 Å². The molecule has 3 nitrogen and oxygen atoms in total. The van der Waals surface area contributed by atoms with E-state index in [4.69, 9.17) is 0 Å². The van der Waals surface area contributed by atoms with E-state index in [0.717, 1.165) is 11.3 Å². The molecule has 1 aromatic carbocycles. The van der Waals surface area contributed by atoms with Crippen LogP contribution in [0.4, 0.5) is 5.69 Å². The third-order valence-electron chi connectivity index (χ3n) is 2.54. The zero-order chi connectivity index (χ0) is 12.0. The number of hydrogen-bond donors (Lipinski definition) is 0. The Morgan fingerprint density at radius 1 is 1.31 bits per heavy atom. The smallest absolute Gasteiger partial charge is 0.226 e. The third kappa shape index (κ3) is 3.07. The fourth-order valence-corrected chi connectivity index (χ4v) is 1.66. The third-order valence-corrected chi connectivity index (χ3v) is 2.54. The second kappa shape index (κ2) is 6.28. The summed E-state index contributed by atoms with van der Waals surface area (Å²) in [5.41, 5.74) is 1.98. The minimum absolute atomic E-state index is 0.0720. The molecule has 0 N–H and O–H groups in total. The summed E-state index contributed by atoms with van der Waals surface area (Å²) < 4.78 is 0. The number of amides is 1. The molecule has 0 saturated carbocycles. The van der Waals surface area contributed by atoms with Crippen LogP contribution in [0.2, 0.25) is 0 Å². The quantitative estimate of drug-likeness (QED) is 0.751. The molecule has 1 radical (unpaired) electrons. The van der Waals surface area contributed by atoms with Gasteiger partial charge in [0.05, 0.1) is 6.61 Å². The van der Waals surface area contributed by atoms with Gasteiger partial charge in [0, 0.05) is 18.7 Å². The van der Waals surface area contributed by atoms with Crippen LogP contribution in [-0.4, -0.2) is 19.1 Å². The zero-order valence-corrected chi connectivity index (χ0v) is 9.90. The van der Waals surface area contributed by atoms with E-state index >= 15 is 0 Å². The molecule has 0 bridgehead atoms. The van der Waals surface area contributed by atoms with Crippen molar-refractivity contribution in [1.82, 2.24) is 0 Å². The van der Waals surface area contributed by atoms with Crippen LogP contribution in [0, 0.1) is 6.92 Å². The molecule has 1 rings (SSSR count). The first-order valence-corrected chi connectivity index (χ1v) is 5.64. The molecule has 0 heterocycles. The summed E-state index contributed by atoms with van der Waals surface area (Å²) in [7, 11) is 0. The van der Waals surface area contributed by atoms with E-state index in [9.17, 15) is 9.90 Å². The summed E-state index contributed by atoms with van der Waals surface area (Å²) in [5.74, 6) is 0.0720. The molecule has 87 valence electrons. The van der Waals surface area contributed by atoms with Gasteiger partial charge in [-0.3, -0.25) is 4.79 Å². The lowest BCUT2D eigenvalue weighted by Crippen LogP contribution is -2.32. The van der Waals surface area contributed by atoms with Gasteiger partial charge in [-0.1, -0.05) is 25.1 Å². The van der Waals surface area contributed by atoms with Gasteiger partial charge in [0.15, 0.2) is 0 Å². The summed E-state index contributed by atoms with van der Waals surface area (Å²) in [6, 6.07) is 7.76. The first-order valence-electron chi connectivity index (χ1n) is 5.64. The number of carbonyl (C=O) groups is 1. The molecule has 0 aliphatic rings. The SMILES string of the molecule is CCC(=O)N(CCC[O])c1ccccc1C. The molecule has 3 heteroatoms. The molecule has 0 spiro atoms. The zero-order valence-electron chi connectivity index (χ0n) is 9.90. The van der Waals surface area contributed by atoms with Gasteiger partial charge in [0.25, 0.3) is 0 Å². The Morgan fingerprint density at radius 3 is 2.56 bits per heavy atom. The van der Waals surface area contributed by atoms with Crippen molar-refractivity contribution in [3.8, 4) is 0 Å². The number of benzene rings is 1. The predicted molar refractivity (Wildman–Crippen MR) is 64.0 cm³/mol. The van der Waals surface area contributed by atoms with Crippen LogP contribution in [0.5, 0.6) is 0 Å². The van der Waals surface area contributed by atoms with Crippen LogP contribution < -0.4 is 4.90 Å². The Balaban J connectivity index is 2.92. The van der Waals surface area contributed by atoms with Crippen molar-refractivity contribution in [2.45, 2.75) is 26.7 Å². The summed E-state index contributed by atoms with van der Waals surface area (Å²) >= 11 is 0. The maximum Gasteiger partial charge on any atom is 0.226 e. The molecule has 0 aliphatic carbocycles. The van der Waals surface area contributed by atoms with Gasteiger partial charge in [-0.15, -0.1) is 0 Å². The topological polar surface area (TPSA) is 40.2 Å². The van der Waals surface area contributed by atoms with Crippen LogP contribution in [-0.2, 0) is 9.90 Å². The highest BCUT2D eigenvalue weighted by Crippen LogP contribution is 2.20. The van der Waals surface area contributed by atoms with Crippen LogP contribution in [0.1, 0.15) is 25.3 Å². The Morgan fingerprint density at radius 2 is 2.00 bits per heavy atom. The minimum atomic E-state index is -0.140. The highest BCUT2D eigenvalue weighted by molar-refractivity contribution is 5.93.